The summed E-state index contributed by atoms with van der Waals surface area (Å²) in [5.74, 6) is 0. The van der Waals surface area contributed by atoms with Crippen molar-refractivity contribution in [3.05, 3.63) is 15.6 Å². The van der Waals surface area contributed by atoms with Gasteiger partial charge in [-0.25, -0.2) is 4.98 Å². The zero-order valence-electron chi connectivity index (χ0n) is 11.8. The van der Waals surface area contributed by atoms with Crippen molar-refractivity contribution in [2.24, 2.45) is 0 Å². The van der Waals surface area contributed by atoms with Gasteiger partial charge in [0.2, 0.25) is 0 Å². The minimum atomic E-state index is -0.0796. The van der Waals surface area contributed by atoms with E-state index in [1.807, 2.05) is 7.05 Å². The number of ether oxygens (including phenoxy) is 1. The van der Waals surface area contributed by atoms with Crippen molar-refractivity contribution in [2.45, 2.75) is 52.7 Å². The van der Waals surface area contributed by atoms with Crippen LogP contribution in [0.2, 0.25) is 0 Å². The number of nitrogens with one attached hydrogen (secondary N) is 1. The van der Waals surface area contributed by atoms with Crippen LogP contribution >= 0.6 is 11.3 Å². The highest BCUT2D eigenvalue weighted by Gasteiger charge is 2.16. The second-order valence-electron chi connectivity index (χ2n) is 5.36. The van der Waals surface area contributed by atoms with E-state index < -0.39 is 0 Å². The number of hydrogen-bond acceptors (Lipinski definition) is 4. The van der Waals surface area contributed by atoms with Gasteiger partial charge in [-0.2, -0.15) is 0 Å². The molecule has 0 saturated heterocycles. The van der Waals surface area contributed by atoms with Crippen molar-refractivity contribution in [1.29, 1.82) is 0 Å². The molecule has 0 bridgehead atoms. The monoisotopic (exact) mass is 256 g/mol. The second-order valence-corrected chi connectivity index (χ2v) is 6.65. The van der Waals surface area contributed by atoms with Gasteiger partial charge in [-0.05, 0) is 41.7 Å². The molecule has 1 rings (SSSR count). The fourth-order valence-electron chi connectivity index (χ4n) is 1.43. The molecule has 0 saturated carbocycles. The van der Waals surface area contributed by atoms with Gasteiger partial charge in [0.15, 0.2) is 0 Å². The van der Waals surface area contributed by atoms with Crippen LogP contribution in [0.4, 0.5) is 0 Å². The largest absolute Gasteiger partial charge is 0.374 e. The van der Waals surface area contributed by atoms with Crippen molar-refractivity contribution >= 4 is 11.3 Å². The maximum absolute atomic E-state index is 5.81. The lowest BCUT2D eigenvalue weighted by atomic mass is 10.2. The average molecular weight is 256 g/mol. The highest BCUT2D eigenvalue weighted by Crippen LogP contribution is 2.18. The van der Waals surface area contributed by atoms with Crippen LogP contribution in [0, 0.1) is 13.8 Å². The van der Waals surface area contributed by atoms with Crippen molar-refractivity contribution in [3.8, 4) is 0 Å². The number of thiazole rings is 1. The normalized spacial score (nSPS) is 14.0. The Labute approximate surface area is 109 Å². The predicted octanol–water partition coefficient (Wildman–Crippen LogP) is 2.71. The standard InChI is InChI=1S/C13H24N2OS/c1-9-10(2)17-12(15-9)7-11(14-6)8-16-13(3,4)5/h11,14H,7-8H2,1-6H3. The highest BCUT2D eigenvalue weighted by atomic mass is 32.1. The molecule has 0 fully saturated rings. The van der Waals surface area contributed by atoms with E-state index in [1.54, 1.807) is 11.3 Å². The van der Waals surface area contributed by atoms with Crippen LogP contribution in [0.15, 0.2) is 0 Å². The zero-order chi connectivity index (χ0) is 13.1. The van der Waals surface area contributed by atoms with Crippen LogP contribution in [-0.4, -0.2) is 30.3 Å². The summed E-state index contributed by atoms with van der Waals surface area (Å²) in [4.78, 5) is 5.88. The van der Waals surface area contributed by atoms with Crippen LogP contribution in [0.1, 0.15) is 36.3 Å². The SMILES string of the molecule is CNC(COC(C)(C)C)Cc1nc(C)c(C)s1. The number of likely N-dealkylation sites (N-methyl/N-ethyl adjacent to an activating group) is 1. The lowest BCUT2D eigenvalue weighted by Gasteiger charge is -2.23. The van der Waals surface area contributed by atoms with Crippen LogP contribution < -0.4 is 5.32 Å². The molecule has 4 heteroatoms. The van der Waals surface area contributed by atoms with Gasteiger partial charge in [0.25, 0.3) is 0 Å². The molecule has 98 valence electrons. The topological polar surface area (TPSA) is 34.1 Å². The third kappa shape index (κ3) is 5.15. The van der Waals surface area contributed by atoms with Crippen LogP contribution in [0.5, 0.6) is 0 Å². The number of rotatable bonds is 5. The van der Waals surface area contributed by atoms with Crippen LogP contribution in [0.25, 0.3) is 0 Å². The first-order chi connectivity index (χ1) is 7.81. The minimum Gasteiger partial charge on any atom is -0.374 e. The maximum atomic E-state index is 5.81. The quantitative estimate of drug-likeness (QED) is 0.879. The van der Waals surface area contributed by atoms with Crippen molar-refractivity contribution in [3.63, 3.8) is 0 Å². The lowest BCUT2D eigenvalue weighted by Crippen LogP contribution is -2.36. The van der Waals surface area contributed by atoms with E-state index in [0.29, 0.717) is 6.04 Å². The van der Waals surface area contributed by atoms with Gasteiger partial charge in [-0.3, -0.25) is 0 Å². The first kappa shape index (κ1) is 14.6. The van der Waals surface area contributed by atoms with E-state index in [0.717, 1.165) is 18.7 Å². The van der Waals surface area contributed by atoms with E-state index in [2.05, 4.69) is 44.9 Å². The molecule has 1 unspecified atom stereocenters. The molecule has 0 aromatic carbocycles. The molecule has 0 aliphatic heterocycles. The molecular formula is C13H24N2OS. The van der Waals surface area contributed by atoms with Gasteiger partial charge >= 0.3 is 0 Å². The summed E-state index contributed by atoms with van der Waals surface area (Å²) in [5.41, 5.74) is 1.07. The molecule has 0 aliphatic rings. The zero-order valence-corrected chi connectivity index (χ0v) is 12.6. The third-order valence-corrected chi connectivity index (χ3v) is 3.71. The molecule has 1 N–H and O–H groups in total. The Morgan fingerprint density at radius 1 is 1.35 bits per heavy atom. The molecule has 0 aliphatic carbocycles. The maximum Gasteiger partial charge on any atom is 0.0947 e. The van der Waals surface area contributed by atoms with Crippen LogP contribution in [0.3, 0.4) is 0 Å². The Hall–Kier alpha value is -0.450. The summed E-state index contributed by atoms with van der Waals surface area (Å²) < 4.78 is 5.81. The molecule has 1 aromatic heterocycles. The number of hydrogen-bond donors (Lipinski definition) is 1. The molecule has 3 nitrogen and oxygen atoms in total. The first-order valence-corrected chi connectivity index (χ1v) is 6.87. The minimum absolute atomic E-state index is 0.0796. The lowest BCUT2D eigenvalue weighted by molar-refractivity contribution is -0.0134. The van der Waals surface area contributed by atoms with Gasteiger partial charge in [-0.15, -0.1) is 11.3 Å². The molecule has 0 radical (unpaired) electrons. The third-order valence-electron chi connectivity index (χ3n) is 2.62. The molecular weight excluding hydrogens is 232 g/mol. The van der Waals surface area contributed by atoms with Gasteiger partial charge in [0.1, 0.15) is 0 Å². The first-order valence-electron chi connectivity index (χ1n) is 6.06. The number of aryl methyl sites for hydroxylation is 2. The fourth-order valence-corrected chi connectivity index (χ4v) is 2.45. The van der Waals surface area contributed by atoms with Crippen molar-refractivity contribution in [2.75, 3.05) is 13.7 Å². The van der Waals surface area contributed by atoms with Gasteiger partial charge < -0.3 is 10.1 Å². The summed E-state index contributed by atoms with van der Waals surface area (Å²) >= 11 is 1.78. The number of nitrogens with zero attached hydrogens (tertiary/aromatic N) is 1. The average Bonchev–Trinajstić information content (AvgIpc) is 2.51. The predicted molar refractivity (Wildman–Crippen MR) is 73.8 cm³/mol. The van der Waals surface area contributed by atoms with Crippen LogP contribution in [-0.2, 0) is 11.2 Å². The summed E-state index contributed by atoms with van der Waals surface area (Å²) in [6.07, 6.45) is 0.936. The van der Waals surface area contributed by atoms with Crippen molar-refractivity contribution in [1.82, 2.24) is 10.3 Å². The Morgan fingerprint density at radius 3 is 2.41 bits per heavy atom. The van der Waals surface area contributed by atoms with Gasteiger partial charge in [0, 0.05) is 17.3 Å². The molecule has 1 heterocycles. The molecule has 1 atom stereocenters. The fraction of sp³-hybridized carbons (Fsp3) is 0.769. The summed E-state index contributed by atoms with van der Waals surface area (Å²) in [6.45, 7) is 11.1. The Kier molecular flexibility index (Phi) is 5.10. The van der Waals surface area contributed by atoms with E-state index in [9.17, 15) is 0 Å². The smallest absolute Gasteiger partial charge is 0.0947 e. The van der Waals surface area contributed by atoms with Gasteiger partial charge in [0.05, 0.1) is 22.9 Å². The highest BCUT2D eigenvalue weighted by molar-refractivity contribution is 7.11. The van der Waals surface area contributed by atoms with E-state index in [-0.39, 0.29) is 5.60 Å². The summed E-state index contributed by atoms with van der Waals surface area (Å²) in [6, 6.07) is 0.333. The Bertz CT molecular complexity index is 335. The summed E-state index contributed by atoms with van der Waals surface area (Å²) in [7, 11) is 1.98. The molecule has 17 heavy (non-hydrogen) atoms. The second kappa shape index (κ2) is 5.94. The molecule has 0 amide bonds. The van der Waals surface area contributed by atoms with E-state index in [1.165, 1.54) is 9.88 Å². The summed E-state index contributed by atoms with van der Waals surface area (Å²) in [5, 5.41) is 4.49. The molecule has 0 spiro atoms. The Balaban J connectivity index is 2.52. The number of aromatic nitrogens is 1. The molecule has 1 aromatic rings. The van der Waals surface area contributed by atoms with E-state index in [4.69, 9.17) is 4.74 Å². The van der Waals surface area contributed by atoms with E-state index >= 15 is 0 Å². The van der Waals surface area contributed by atoms with Gasteiger partial charge in [-0.1, -0.05) is 0 Å². The van der Waals surface area contributed by atoms with Crippen molar-refractivity contribution < 1.29 is 4.74 Å². The Morgan fingerprint density at radius 2 is 2.00 bits per heavy atom.